The van der Waals surface area contributed by atoms with Crippen LogP contribution in [-0.2, 0) is 0 Å². The van der Waals surface area contributed by atoms with E-state index >= 15 is 0 Å². The van der Waals surface area contributed by atoms with E-state index in [9.17, 15) is 19.3 Å². The van der Waals surface area contributed by atoms with Gasteiger partial charge in [-0.1, -0.05) is 30.0 Å². The maximum absolute atomic E-state index is 13.2. The molecule has 1 aromatic heterocycles. The van der Waals surface area contributed by atoms with Gasteiger partial charge in [0.15, 0.2) is 0 Å². The molecule has 4 aromatic rings. The van der Waals surface area contributed by atoms with Crippen molar-refractivity contribution < 1.29 is 9.31 Å². The number of halogens is 1. The molecule has 0 aliphatic rings. The van der Waals surface area contributed by atoms with Crippen molar-refractivity contribution in [3.05, 3.63) is 99.1 Å². The predicted octanol–water partition coefficient (Wildman–Crippen LogP) is 5.47. The lowest BCUT2D eigenvalue weighted by Gasteiger charge is -2.14. The average Bonchev–Trinajstić information content (AvgIpc) is 2.73. The van der Waals surface area contributed by atoms with Crippen molar-refractivity contribution in [3.8, 4) is 0 Å². The highest BCUT2D eigenvalue weighted by Crippen LogP contribution is 2.38. The van der Waals surface area contributed by atoms with E-state index in [1.54, 1.807) is 36.4 Å². The molecule has 0 bridgehead atoms. The van der Waals surface area contributed by atoms with E-state index in [2.05, 4.69) is 10.3 Å². The highest BCUT2D eigenvalue weighted by atomic mass is 32.2. The maximum Gasteiger partial charge on any atom is 0.269 e. The largest absolute Gasteiger partial charge is 0.341 e. The Morgan fingerprint density at radius 3 is 2.24 bits per heavy atom. The lowest BCUT2D eigenvalue weighted by Crippen LogP contribution is -2.10. The summed E-state index contributed by atoms with van der Waals surface area (Å²) in [6.45, 7) is 0. The predicted molar refractivity (Wildman–Crippen MR) is 111 cm³/mol. The number of anilines is 2. The molecule has 1 heterocycles. The van der Waals surface area contributed by atoms with E-state index in [1.165, 1.54) is 36.0 Å². The molecule has 144 valence electrons. The summed E-state index contributed by atoms with van der Waals surface area (Å²) >= 11 is 1.37. The van der Waals surface area contributed by atoms with Crippen molar-refractivity contribution in [1.82, 2.24) is 4.98 Å². The molecule has 0 unspecified atom stereocenters. The standard InChI is InChI=1S/C21H14FN3O3S/c22-13-5-7-14(8-6-13)23-20-19(17-3-1-2-4-18(17)21(26)24-20)29-16-11-9-15(10-12-16)25(27)28/h1-12H,(H2,23,24,26). The van der Waals surface area contributed by atoms with Crippen LogP contribution in [0, 0.1) is 15.9 Å². The molecule has 0 fully saturated rings. The third-order valence-corrected chi connectivity index (χ3v) is 5.40. The zero-order chi connectivity index (χ0) is 20.4. The van der Waals surface area contributed by atoms with Crippen molar-refractivity contribution in [3.63, 3.8) is 0 Å². The molecule has 29 heavy (non-hydrogen) atoms. The first kappa shape index (κ1) is 18.7. The first-order valence-corrected chi connectivity index (χ1v) is 9.43. The lowest BCUT2D eigenvalue weighted by atomic mass is 10.1. The van der Waals surface area contributed by atoms with Crippen LogP contribution >= 0.6 is 11.8 Å². The van der Waals surface area contributed by atoms with Gasteiger partial charge in [-0.05, 0) is 42.5 Å². The Kier molecular flexibility index (Phi) is 5.01. The number of fused-ring (bicyclic) bond motifs is 1. The van der Waals surface area contributed by atoms with E-state index in [1.807, 2.05) is 12.1 Å². The second-order valence-electron chi connectivity index (χ2n) is 6.19. The summed E-state index contributed by atoms with van der Waals surface area (Å²) in [5.74, 6) is 0.103. The van der Waals surface area contributed by atoms with E-state index in [0.29, 0.717) is 16.9 Å². The number of benzene rings is 3. The van der Waals surface area contributed by atoms with Gasteiger partial charge in [0.2, 0.25) is 0 Å². The quantitative estimate of drug-likeness (QED) is 0.338. The average molecular weight is 407 g/mol. The summed E-state index contributed by atoms with van der Waals surface area (Å²) in [7, 11) is 0. The molecular weight excluding hydrogens is 393 g/mol. The van der Waals surface area contributed by atoms with Gasteiger partial charge in [-0.2, -0.15) is 0 Å². The summed E-state index contributed by atoms with van der Waals surface area (Å²) in [4.78, 5) is 27.3. The van der Waals surface area contributed by atoms with E-state index < -0.39 is 4.92 Å². The smallest absolute Gasteiger partial charge is 0.269 e. The van der Waals surface area contributed by atoms with Crippen LogP contribution in [0.2, 0.25) is 0 Å². The molecule has 0 saturated heterocycles. The Morgan fingerprint density at radius 2 is 1.59 bits per heavy atom. The molecular formula is C21H14FN3O3S. The summed E-state index contributed by atoms with van der Waals surface area (Å²) < 4.78 is 13.2. The normalized spacial score (nSPS) is 10.8. The van der Waals surface area contributed by atoms with Crippen LogP contribution in [0.3, 0.4) is 0 Å². The number of pyridine rings is 1. The molecule has 2 N–H and O–H groups in total. The summed E-state index contributed by atoms with van der Waals surface area (Å²) in [6, 6.07) is 19.2. The number of hydrogen-bond acceptors (Lipinski definition) is 5. The van der Waals surface area contributed by atoms with Crippen LogP contribution in [0.4, 0.5) is 21.6 Å². The van der Waals surface area contributed by atoms with Gasteiger partial charge in [-0.25, -0.2) is 4.39 Å². The first-order chi connectivity index (χ1) is 14.0. The Morgan fingerprint density at radius 1 is 0.931 bits per heavy atom. The number of aromatic nitrogens is 1. The highest BCUT2D eigenvalue weighted by Gasteiger charge is 2.14. The zero-order valence-corrected chi connectivity index (χ0v) is 15.7. The van der Waals surface area contributed by atoms with Crippen molar-refractivity contribution in [2.24, 2.45) is 0 Å². The van der Waals surface area contributed by atoms with Crippen molar-refractivity contribution >= 4 is 39.7 Å². The van der Waals surface area contributed by atoms with Crippen LogP contribution in [0.25, 0.3) is 10.8 Å². The Labute approximate surface area is 168 Å². The van der Waals surface area contributed by atoms with Gasteiger partial charge < -0.3 is 10.3 Å². The van der Waals surface area contributed by atoms with E-state index in [0.717, 1.165) is 15.2 Å². The number of hydrogen-bond donors (Lipinski definition) is 2. The van der Waals surface area contributed by atoms with Gasteiger partial charge >= 0.3 is 0 Å². The Bertz CT molecular complexity index is 1260. The monoisotopic (exact) mass is 407 g/mol. The molecule has 8 heteroatoms. The van der Waals surface area contributed by atoms with Crippen molar-refractivity contribution in [2.75, 3.05) is 5.32 Å². The zero-order valence-electron chi connectivity index (χ0n) is 14.9. The number of non-ortho nitro benzene ring substituents is 1. The molecule has 6 nitrogen and oxygen atoms in total. The van der Waals surface area contributed by atoms with Crippen molar-refractivity contribution in [1.29, 1.82) is 0 Å². The number of nitro benzene ring substituents is 1. The van der Waals surface area contributed by atoms with Gasteiger partial charge in [0, 0.05) is 33.5 Å². The minimum absolute atomic E-state index is 0.00494. The molecule has 0 aliphatic carbocycles. The fourth-order valence-corrected chi connectivity index (χ4v) is 3.88. The molecule has 0 radical (unpaired) electrons. The second-order valence-corrected chi connectivity index (χ2v) is 7.27. The molecule has 4 rings (SSSR count). The maximum atomic E-state index is 13.2. The highest BCUT2D eigenvalue weighted by molar-refractivity contribution is 7.99. The van der Waals surface area contributed by atoms with Crippen LogP contribution in [0.5, 0.6) is 0 Å². The fourth-order valence-electron chi connectivity index (χ4n) is 2.88. The van der Waals surface area contributed by atoms with Crippen LogP contribution < -0.4 is 10.9 Å². The van der Waals surface area contributed by atoms with Gasteiger partial charge in [-0.15, -0.1) is 0 Å². The Balaban J connectivity index is 1.80. The number of nitro groups is 1. The van der Waals surface area contributed by atoms with E-state index in [4.69, 9.17) is 0 Å². The lowest BCUT2D eigenvalue weighted by molar-refractivity contribution is -0.384. The van der Waals surface area contributed by atoms with Gasteiger partial charge in [-0.3, -0.25) is 14.9 Å². The number of H-pyrrole nitrogens is 1. The molecule has 3 aromatic carbocycles. The summed E-state index contributed by atoms with van der Waals surface area (Å²) in [5, 5.41) is 15.3. The summed E-state index contributed by atoms with van der Waals surface area (Å²) in [6.07, 6.45) is 0. The van der Waals surface area contributed by atoms with Gasteiger partial charge in [0.1, 0.15) is 11.6 Å². The molecule has 0 spiro atoms. The third kappa shape index (κ3) is 3.97. The third-order valence-electron chi connectivity index (χ3n) is 4.26. The van der Waals surface area contributed by atoms with Crippen LogP contribution in [0.15, 0.2) is 87.4 Å². The fraction of sp³-hybridized carbons (Fsp3) is 0. The SMILES string of the molecule is O=c1[nH]c(Nc2ccc(F)cc2)c(Sc2ccc([N+](=O)[O-])cc2)c2ccccc12. The number of rotatable bonds is 5. The summed E-state index contributed by atoms with van der Waals surface area (Å²) in [5.41, 5.74) is 0.367. The molecule has 0 amide bonds. The van der Waals surface area contributed by atoms with Crippen LogP contribution in [-0.4, -0.2) is 9.91 Å². The van der Waals surface area contributed by atoms with Crippen molar-refractivity contribution in [2.45, 2.75) is 9.79 Å². The minimum Gasteiger partial charge on any atom is -0.341 e. The second kappa shape index (κ2) is 7.76. The van der Waals surface area contributed by atoms with Gasteiger partial charge in [0.05, 0.1) is 9.82 Å². The molecule has 0 aliphatic heterocycles. The minimum atomic E-state index is -0.453. The Hall–Kier alpha value is -3.65. The van der Waals surface area contributed by atoms with E-state index in [-0.39, 0.29) is 17.1 Å². The van der Waals surface area contributed by atoms with Gasteiger partial charge in [0.25, 0.3) is 11.2 Å². The number of aromatic amines is 1. The molecule has 0 saturated carbocycles. The molecule has 0 atom stereocenters. The number of nitrogens with zero attached hydrogens (tertiary/aromatic N) is 1. The number of nitrogens with one attached hydrogen (secondary N) is 2. The van der Waals surface area contributed by atoms with Crippen LogP contribution in [0.1, 0.15) is 0 Å². The first-order valence-electron chi connectivity index (χ1n) is 8.61. The topological polar surface area (TPSA) is 88.0 Å².